The normalized spacial score (nSPS) is 12.9. The Hall–Kier alpha value is -0.630. The van der Waals surface area contributed by atoms with Crippen LogP contribution in [-0.2, 0) is 13.6 Å². The molecular weight excluding hydrogens is 295 g/mol. The lowest BCUT2D eigenvalue weighted by atomic mass is 10.0. The predicted molar refractivity (Wildman–Crippen MR) is 96.3 cm³/mol. The van der Waals surface area contributed by atoms with Crippen molar-refractivity contribution in [2.45, 2.75) is 65.7 Å². The van der Waals surface area contributed by atoms with E-state index < -0.39 is 7.60 Å². The Morgan fingerprint density at radius 1 is 1.00 bits per heavy atom. The highest BCUT2D eigenvalue weighted by Crippen LogP contribution is 2.59. The number of allylic oxidation sites excluding steroid dienone is 4. The van der Waals surface area contributed by atoms with E-state index in [4.69, 9.17) is 9.05 Å². The third kappa shape index (κ3) is 7.58. The molecule has 128 valence electrons. The second-order valence-corrected chi connectivity index (χ2v) is 7.21. The molecule has 0 N–H and O–H groups in total. The molecule has 0 bridgehead atoms. The van der Waals surface area contributed by atoms with Gasteiger partial charge >= 0.3 is 7.60 Å². The van der Waals surface area contributed by atoms with Crippen molar-refractivity contribution in [1.29, 1.82) is 0 Å². The average molecular weight is 328 g/mol. The lowest BCUT2D eigenvalue weighted by Gasteiger charge is -2.23. The molecule has 0 atom stereocenters. The summed E-state index contributed by atoms with van der Waals surface area (Å²) in [5, 5.41) is 0.823. The molecule has 0 aliphatic rings. The molecule has 3 nitrogen and oxygen atoms in total. The van der Waals surface area contributed by atoms with E-state index in [9.17, 15) is 4.57 Å². The van der Waals surface area contributed by atoms with E-state index in [0.29, 0.717) is 19.6 Å². The molecule has 0 aromatic carbocycles. The van der Waals surface area contributed by atoms with Crippen molar-refractivity contribution >= 4 is 7.60 Å². The lowest BCUT2D eigenvalue weighted by molar-refractivity contribution is 0.225. The summed E-state index contributed by atoms with van der Waals surface area (Å²) >= 11 is 0. The van der Waals surface area contributed by atoms with Crippen molar-refractivity contribution in [1.82, 2.24) is 0 Å². The van der Waals surface area contributed by atoms with E-state index >= 15 is 0 Å². The molecular formula is C18H33O3P. The zero-order valence-electron chi connectivity index (χ0n) is 14.6. The molecule has 0 aromatic rings. The Morgan fingerprint density at radius 3 is 2.05 bits per heavy atom. The van der Waals surface area contributed by atoms with E-state index in [1.165, 1.54) is 5.57 Å². The standard InChI is InChI=1S/C18H33O3P/c1-6-11-13-16-17(15-12-7-2)18(14-8-3)22(19,20-9-4)21-10-5/h6,8H,1,3,7,9-16H2,2,4-5H3/b18-17+. The van der Waals surface area contributed by atoms with Gasteiger partial charge in [-0.15, -0.1) is 13.2 Å². The van der Waals surface area contributed by atoms with Crippen LogP contribution in [0, 0.1) is 0 Å². The Morgan fingerprint density at radius 2 is 1.59 bits per heavy atom. The summed E-state index contributed by atoms with van der Waals surface area (Å²) in [5.74, 6) is 0. The maximum atomic E-state index is 13.2. The fraction of sp³-hybridized carbons (Fsp3) is 0.667. The van der Waals surface area contributed by atoms with Crippen LogP contribution in [-0.4, -0.2) is 13.2 Å². The summed E-state index contributed by atoms with van der Waals surface area (Å²) < 4.78 is 24.3. The highest BCUT2D eigenvalue weighted by atomic mass is 31.2. The maximum absolute atomic E-state index is 13.2. The van der Waals surface area contributed by atoms with Gasteiger partial charge in [0.05, 0.1) is 13.2 Å². The third-order valence-corrected chi connectivity index (χ3v) is 5.75. The van der Waals surface area contributed by atoms with Crippen molar-refractivity contribution in [3.63, 3.8) is 0 Å². The molecule has 0 amide bonds. The molecule has 0 radical (unpaired) electrons. The summed E-state index contributed by atoms with van der Waals surface area (Å²) in [7, 11) is -3.21. The molecule has 0 spiro atoms. The van der Waals surface area contributed by atoms with Gasteiger partial charge in [-0.1, -0.05) is 31.1 Å². The van der Waals surface area contributed by atoms with Gasteiger partial charge in [-0.3, -0.25) is 4.57 Å². The number of hydrogen-bond acceptors (Lipinski definition) is 3. The van der Waals surface area contributed by atoms with Gasteiger partial charge in [0.1, 0.15) is 0 Å². The quantitative estimate of drug-likeness (QED) is 0.204. The van der Waals surface area contributed by atoms with Gasteiger partial charge in [0.15, 0.2) is 0 Å². The molecule has 0 aliphatic carbocycles. The van der Waals surface area contributed by atoms with Gasteiger partial charge in [0.25, 0.3) is 0 Å². The monoisotopic (exact) mass is 328 g/mol. The molecule has 0 rings (SSSR count). The fourth-order valence-corrected chi connectivity index (χ4v) is 4.41. The van der Waals surface area contributed by atoms with Gasteiger partial charge in [0, 0.05) is 5.31 Å². The smallest absolute Gasteiger partial charge is 0.306 e. The molecule has 4 heteroatoms. The Labute approximate surface area is 137 Å². The summed E-state index contributed by atoms with van der Waals surface area (Å²) in [6.07, 6.45) is 10.3. The number of unbranched alkanes of at least 4 members (excludes halogenated alkanes) is 2. The van der Waals surface area contributed by atoms with Crippen LogP contribution >= 0.6 is 7.60 Å². The summed E-state index contributed by atoms with van der Waals surface area (Å²) in [5.41, 5.74) is 1.22. The van der Waals surface area contributed by atoms with Crippen LogP contribution in [0.25, 0.3) is 0 Å². The van der Waals surface area contributed by atoms with Crippen molar-refractivity contribution in [3.8, 4) is 0 Å². The van der Waals surface area contributed by atoms with Crippen LogP contribution in [0.15, 0.2) is 36.2 Å². The Balaban J connectivity index is 5.59. The Bertz CT molecular complexity index is 389. The molecule has 0 fully saturated rings. The first-order valence-electron chi connectivity index (χ1n) is 8.41. The summed E-state index contributed by atoms with van der Waals surface area (Å²) in [6, 6.07) is 0. The third-order valence-electron chi connectivity index (χ3n) is 3.39. The number of hydrogen-bond donors (Lipinski definition) is 0. The molecule has 0 aromatic heterocycles. The minimum absolute atomic E-state index is 0.381. The van der Waals surface area contributed by atoms with Crippen LogP contribution < -0.4 is 0 Å². The fourth-order valence-electron chi connectivity index (χ4n) is 2.38. The van der Waals surface area contributed by atoms with Gasteiger partial charge in [-0.05, 0) is 52.4 Å². The summed E-state index contributed by atoms with van der Waals surface area (Å²) in [4.78, 5) is 0. The van der Waals surface area contributed by atoms with Gasteiger partial charge in [0.2, 0.25) is 0 Å². The van der Waals surface area contributed by atoms with E-state index in [0.717, 1.165) is 43.8 Å². The SMILES string of the molecule is C=CCCC/C(CCCC)=C(\CC=C)P(=O)(OCC)OCC. The van der Waals surface area contributed by atoms with E-state index in [-0.39, 0.29) is 0 Å². The highest BCUT2D eigenvalue weighted by molar-refractivity contribution is 7.58. The maximum Gasteiger partial charge on any atom is 0.357 e. The molecule has 22 heavy (non-hydrogen) atoms. The van der Waals surface area contributed by atoms with Crippen LogP contribution in [0.5, 0.6) is 0 Å². The molecule has 0 heterocycles. The topological polar surface area (TPSA) is 35.5 Å². The largest absolute Gasteiger partial charge is 0.357 e. The minimum atomic E-state index is -3.21. The zero-order valence-corrected chi connectivity index (χ0v) is 15.5. The van der Waals surface area contributed by atoms with Crippen molar-refractivity contribution < 1.29 is 13.6 Å². The van der Waals surface area contributed by atoms with Crippen molar-refractivity contribution in [2.75, 3.05) is 13.2 Å². The zero-order chi connectivity index (χ0) is 16.8. The Kier molecular flexibility index (Phi) is 12.5. The molecule has 0 aliphatic heterocycles. The van der Waals surface area contributed by atoms with Crippen LogP contribution in [0.3, 0.4) is 0 Å². The number of rotatable bonds is 14. The van der Waals surface area contributed by atoms with Crippen LogP contribution in [0.4, 0.5) is 0 Å². The first-order valence-corrected chi connectivity index (χ1v) is 9.96. The van der Waals surface area contributed by atoms with Crippen LogP contribution in [0.1, 0.15) is 65.7 Å². The first kappa shape index (κ1) is 21.4. The molecule has 0 unspecified atom stereocenters. The van der Waals surface area contributed by atoms with Gasteiger partial charge in [-0.25, -0.2) is 0 Å². The van der Waals surface area contributed by atoms with E-state index in [2.05, 4.69) is 20.1 Å². The minimum Gasteiger partial charge on any atom is -0.306 e. The van der Waals surface area contributed by atoms with Gasteiger partial charge in [-0.2, -0.15) is 0 Å². The van der Waals surface area contributed by atoms with Crippen molar-refractivity contribution in [2.24, 2.45) is 0 Å². The van der Waals surface area contributed by atoms with Crippen molar-refractivity contribution in [3.05, 3.63) is 36.2 Å². The summed E-state index contributed by atoms with van der Waals surface area (Å²) in [6.45, 7) is 14.2. The van der Waals surface area contributed by atoms with E-state index in [1.807, 2.05) is 19.9 Å². The molecule has 0 saturated carbocycles. The van der Waals surface area contributed by atoms with E-state index in [1.54, 1.807) is 6.08 Å². The first-order chi connectivity index (χ1) is 10.6. The average Bonchev–Trinajstić information content (AvgIpc) is 2.49. The molecule has 0 saturated heterocycles. The highest BCUT2D eigenvalue weighted by Gasteiger charge is 2.31. The second kappa shape index (κ2) is 12.9. The van der Waals surface area contributed by atoms with Gasteiger partial charge < -0.3 is 9.05 Å². The lowest BCUT2D eigenvalue weighted by Crippen LogP contribution is -2.02. The van der Waals surface area contributed by atoms with Crippen LogP contribution in [0.2, 0.25) is 0 Å². The predicted octanol–water partition coefficient (Wildman–Crippen LogP) is 6.63. The second-order valence-electron chi connectivity index (χ2n) is 5.16.